The number of hydrogen-bond donors (Lipinski definition) is 2. The van der Waals surface area contributed by atoms with Crippen LogP contribution in [0.2, 0.25) is 0 Å². The fourth-order valence-corrected chi connectivity index (χ4v) is 1.46. The van der Waals surface area contributed by atoms with E-state index < -0.39 is 5.97 Å². The molecule has 2 rings (SSSR count). The van der Waals surface area contributed by atoms with Crippen molar-refractivity contribution in [3.63, 3.8) is 0 Å². The van der Waals surface area contributed by atoms with E-state index in [9.17, 15) is 4.79 Å². The normalized spacial score (nSPS) is 15.1. The van der Waals surface area contributed by atoms with Crippen molar-refractivity contribution in [3.05, 3.63) is 29.1 Å². The Morgan fingerprint density at radius 2 is 2.46 bits per heavy atom. The van der Waals surface area contributed by atoms with Crippen LogP contribution in [0.15, 0.2) is 12.3 Å². The number of nitrogens with zero attached hydrogens (tertiary/aromatic N) is 1. The highest BCUT2D eigenvalue weighted by Gasteiger charge is 2.12. The lowest BCUT2D eigenvalue weighted by atomic mass is 10.0. The van der Waals surface area contributed by atoms with E-state index in [-0.39, 0.29) is 5.56 Å². The highest BCUT2D eigenvalue weighted by atomic mass is 16.4. The highest BCUT2D eigenvalue weighted by Crippen LogP contribution is 2.12. The summed E-state index contributed by atoms with van der Waals surface area (Å²) < 4.78 is 0. The summed E-state index contributed by atoms with van der Waals surface area (Å²) in [4.78, 5) is 14.7. The Balaban J connectivity index is 2.40. The molecule has 1 aliphatic rings. The Morgan fingerprint density at radius 3 is 3.23 bits per heavy atom. The van der Waals surface area contributed by atoms with Gasteiger partial charge in [0.15, 0.2) is 0 Å². The molecule has 0 aliphatic carbocycles. The van der Waals surface area contributed by atoms with Crippen LogP contribution in [0.25, 0.3) is 0 Å². The summed E-state index contributed by atoms with van der Waals surface area (Å²) >= 11 is 0. The number of carboxylic acid groups (broad SMARTS) is 1. The third kappa shape index (κ3) is 1.53. The number of aromatic carboxylic acids is 1. The zero-order chi connectivity index (χ0) is 9.26. The Kier molecular flexibility index (Phi) is 1.98. The zero-order valence-corrected chi connectivity index (χ0v) is 7.08. The van der Waals surface area contributed by atoms with E-state index in [4.69, 9.17) is 5.11 Å². The molecule has 1 aromatic rings. The summed E-state index contributed by atoms with van der Waals surface area (Å²) in [5.41, 5.74) is 2.30. The third-order valence-corrected chi connectivity index (χ3v) is 2.17. The number of aromatic nitrogens is 1. The monoisotopic (exact) mass is 178 g/mol. The number of hydrogen-bond acceptors (Lipinski definition) is 3. The molecule has 4 heteroatoms. The Hall–Kier alpha value is -1.42. The Morgan fingerprint density at radius 1 is 1.62 bits per heavy atom. The van der Waals surface area contributed by atoms with Gasteiger partial charge in [0, 0.05) is 12.7 Å². The molecule has 2 heterocycles. The fourth-order valence-electron chi connectivity index (χ4n) is 1.46. The lowest BCUT2D eigenvalue weighted by Crippen LogP contribution is -2.25. The molecule has 0 atom stereocenters. The van der Waals surface area contributed by atoms with E-state index in [1.807, 2.05) is 0 Å². The molecule has 0 aromatic carbocycles. The first-order valence-corrected chi connectivity index (χ1v) is 4.19. The first-order valence-electron chi connectivity index (χ1n) is 4.19. The molecule has 0 spiro atoms. The van der Waals surface area contributed by atoms with Crippen LogP contribution in [0, 0.1) is 0 Å². The molecule has 68 valence electrons. The summed E-state index contributed by atoms with van der Waals surface area (Å²) in [5.74, 6) is -0.908. The molecule has 2 N–H and O–H groups in total. The smallest absolute Gasteiger partial charge is 0.337 e. The summed E-state index contributed by atoms with van der Waals surface area (Å²) in [5, 5.41) is 11.9. The highest BCUT2D eigenvalue weighted by molar-refractivity contribution is 5.87. The number of carbonyl (C=O) groups is 1. The van der Waals surface area contributed by atoms with Gasteiger partial charge >= 0.3 is 5.97 Å². The number of rotatable bonds is 1. The van der Waals surface area contributed by atoms with Crippen LogP contribution in [-0.4, -0.2) is 22.6 Å². The molecule has 13 heavy (non-hydrogen) atoms. The van der Waals surface area contributed by atoms with Crippen molar-refractivity contribution in [2.45, 2.75) is 13.0 Å². The number of pyridine rings is 1. The van der Waals surface area contributed by atoms with E-state index >= 15 is 0 Å². The minimum Gasteiger partial charge on any atom is -0.478 e. The van der Waals surface area contributed by atoms with Gasteiger partial charge in [-0.2, -0.15) is 0 Å². The second-order valence-corrected chi connectivity index (χ2v) is 3.06. The van der Waals surface area contributed by atoms with E-state index in [2.05, 4.69) is 10.3 Å². The third-order valence-electron chi connectivity index (χ3n) is 2.17. The van der Waals surface area contributed by atoms with Crippen molar-refractivity contribution in [1.82, 2.24) is 10.3 Å². The van der Waals surface area contributed by atoms with Gasteiger partial charge < -0.3 is 10.4 Å². The van der Waals surface area contributed by atoms with E-state index in [0.717, 1.165) is 30.8 Å². The van der Waals surface area contributed by atoms with Gasteiger partial charge in [-0.05, 0) is 24.6 Å². The SMILES string of the molecule is O=C(O)c1cnc2c(c1)CCNC2. The standard InChI is InChI=1S/C9H10N2O2/c12-9(13)7-3-6-1-2-10-5-8(6)11-4-7/h3-4,10H,1-2,5H2,(H,12,13). The summed E-state index contributed by atoms with van der Waals surface area (Å²) in [7, 11) is 0. The quantitative estimate of drug-likeness (QED) is 0.654. The molecule has 4 nitrogen and oxygen atoms in total. The van der Waals surface area contributed by atoms with Gasteiger partial charge in [0.05, 0.1) is 11.3 Å². The topological polar surface area (TPSA) is 62.2 Å². The lowest BCUT2D eigenvalue weighted by molar-refractivity contribution is 0.0696. The van der Waals surface area contributed by atoms with Crippen LogP contribution in [0.3, 0.4) is 0 Å². The van der Waals surface area contributed by atoms with Gasteiger partial charge in [-0.3, -0.25) is 4.98 Å². The van der Waals surface area contributed by atoms with Crippen molar-refractivity contribution in [2.24, 2.45) is 0 Å². The van der Waals surface area contributed by atoms with Crippen molar-refractivity contribution in [2.75, 3.05) is 6.54 Å². The van der Waals surface area contributed by atoms with E-state index in [0.29, 0.717) is 0 Å². The van der Waals surface area contributed by atoms with Crippen LogP contribution in [0.1, 0.15) is 21.6 Å². The maximum absolute atomic E-state index is 10.6. The predicted octanol–water partition coefficient (Wildman–Crippen LogP) is 0.426. The average Bonchev–Trinajstić information content (AvgIpc) is 2.17. The molecule has 0 saturated carbocycles. The van der Waals surface area contributed by atoms with E-state index in [1.54, 1.807) is 6.07 Å². The first-order chi connectivity index (χ1) is 6.27. The second-order valence-electron chi connectivity index (χ2n) is 3.06. The summed E-state index contributed by atoms with van der Waals surface area (Å²) in [6.07, 6.45) is 2.28. The van der Waals surface area contributed by atoms with Gasteiger partial charge in [0.1, 0.15) is 0 Å². The minimum atomic E-state index is -0.908. The van der Waals surface area contributed by atoms with Crippen molar-refractivity contribution < 1.29 is 9.90 Å². The zero-order valence-electron chi connectivity index (χ0n) is 7.08. The second kappa shape index (κ2) is 3.14. The Bertz CT molecular complexity index is 349. The molecule has 0 amide bonds. The first kappa shape index (κ1) is 8.19. The van der Waals surface area contributed by atoms with Crippen LogP contribution in [-0.2, 0) is 13.0 Å². The van der Waals surface area contributed by atoms with Gasteiger partial charge in [0.25, 0.3) is 0 Å². The number of fused-ring (bicyclic) bond motifs is 1. The molecule has 1 aromatic heterocycles. The van der Waals surface area contributed by atoms with Crippen molar-refractivity contribution in [1.29, 1.82) is 0 Å². The lowest BCUT2D eigenvalue weighted by Gasteiger charge is -2.15. The molecule has 0 fully saturated rings. The largest absolute Gasteiger partial charge is 0.478 e. The molecule has 0 radical (unpaired) electrons. The van der Waals surface area contributed by atoms with Gasteiger partial charge in [0.2, 0.25) is 0 Å². The van der Waals surface area contributed by atoms with Gasteiger partial charge in [-0.15, -0.1) is 0 Å². The molecular formula is C9H10N2O2. The van der Waals surface area contributed by atoms with Crippen LogP contribution >= 0.6 is 0 Å². The Labute approximate surface area is 75.6 Å². The molecule has 0 bridgehead atoms. The minimum absolute atomic E-state index is 0.278. The summed E-state index contributed by atoms with van der Waals surface area (Å²) in [6.45, 7) is 1.65. The predicted molar refractivity (Wildman–Crippen MR) is 46.6 cm³/mol. The maximum Gasteiger partial charge on any atom is 0.337 e. The van der Waals surface area contributed by atoms with Crippen LogP contribution in [0.5, 0.6) is 0 Å². The van der Waals surface area contributed by atoms with Gasteiger partial charge in [-0.25, -0.2) is 4.79 Å². The molecule has 1 aliphatic heterocycles. The van der Waals surface area contributed by atoms with Crippen LogP contribution in [0.4, 0.5) is 0 Å². The molecular weight excluding hydrogens is 168 g/mol. The van der Waals surface area contributed by atoms with Gasteiger partial charge in [-0.1, -0.05) is 0 Å². The van der Waals surface area contributed by atoms with Crippen molar-refractivity contribution >= 4 is 5.97 Å². The van der Waals surface area contributed by atoms with Crippen molar-refractivity contribution in [3.8, 4) is 0 Å². The molecule has 0 unspecified atom stereocenters. The van der Waals surface area contributed by atoms with Crippen LogP contribution < -0.4 is 5.32 Å². The fraction of sp³-hybridized carbons (Fsp3) is 0.333. The average molecular weight is 178 g/mol. The maximum atomic E-state index is 10.6. The number of carboxylic acids is 1. The number of nitrogens with one attached hydrogen (secondary N) is 1. The summed E-state index contributed by atoms with van der Waals surface area (Å²) in [6, 6.07) is 1.71. The molecule has 0 saturated heterocycles. The van der Waals surface area contributed by atoms with E-state index in [1.165, 1.54) is 6.20 Å².